The van der Waals surface area contributed by atoms with E-state index in [0.29, 0.717) is 11.5 Å². The van der Waals surface area contributed by atoms with Crippen LogP contribution in [-0.2, 0) is 0 Å². The minimum Gasteiger partial charge on any atom is -0.352 e. The summed E-state index contributed by atoms with van der Waals surface area (Å²) >= 11 is 0. The Labute approximate surface area is 102 Å². The minimum atomic E-state index is -0.0176. The Bertz CT molecular complexity index is 369. The lowest BCUT2D eigenvalue weighted by molar-refractivity contribution is 0.0944. The number of piperidine rings is 1. The lowest BCUT2D eigenvalue weighted by Gasteiger charge is -2.22. The van der Waals surface area contributed by atoms with Crippen LogP contribution in [0.1, 0.15) is 28.9 Å². The van der Waals surface area contributed by atoms with Gasteiger partial charge < -0.3 is 10.6 Å². The summed E-state index contributed by atoms with van der Waals surface area (Å²) in [6.45, 7) is 4.81. The van der Waals surface area contributed by atoms with Crippen molar-refractivity contribution >= 4 is 5.91 Å². The van der Waals surface area contributed by atoms with Crippen molar-refractivity contribution < 1.29 is 4.79 Å². The quantitative estimate of drug-likeness (QED) is 0.822. The average Bonchev–Trinajstić information content (AvgIpc) is 2.38. The third kappa shape index (κ3) is 3.53. The summed E-state index contributed by atoms with van der Waals surface area (Å²) in [5.74, 6) is 0.592. The van der Waals surface area contributed by atoms with E-state index in [-0.39, 0.29) is 5.91 Å². The topological polar surface area (TPSA) is 54.0 Å². The van der Waals surface area contributed by atoms with Crippen molar-refractivity contribution in [2.24, 2.45) is 5.92 Å². The van der Waals surface area contributed by atoms with Gasteiger partial charge in [-0.3, -0.25) is 9.78 Å². The highest BCUT2D eigenvalue weighted by molar-refractivity contribution is 5.93. The van der Waals surface area contributed by atoms with E-state index in [0.717, 1.165) is 38.2 Å². The molecule has 0 bridgehead atoms. The van der Waals surface area contributed by atoms with Crippen molar-refractivity contribution in [2.45, 2.75) is 19.8 Å². The maximum absolute atomic E-state index is 11.8. The third-order valence-electron chi connectivity index (χ3n) is 3.18. The van der Waals surface area contributed by atoms with Gasteiger partial charge in [0.1, 0.15) is 0 Å². The predicted molar refractivity (Wildman–Crippen MR) is 66.9 cm³/mol. The summed E-state index contributed by atoms with van der Waals surface area (Å²) in [6, 6.07) is 3.68. The number of hydrogen-bond acceptors (Lipinski definition) is 3. The van der Waals surface area contributed by atoms with E-state index in [1.807, 2.05) is 19.1 Å². The molecule has 92 valence electrons. The molecule has 1 aromatic rings. The average molecular weight is 233 g/mol. The molecular formula is C13H19N3O. The second-order valence-corrected chi connectivity index (χ2v) is 4.59. The Morgan fingerprint density at radius 2 is 2.24 bits per heavy atom. The van der Waals surface area contributed by atoms with Crippen LogP contribution in [0.25, 0.3) is 0 Å². The first-order valence-corrected chi connectivity index (χ1v) is 6.17. The molecule has 17 heavy (non-hydrogen) atoms. The molecule has 0 saturated carbocycles. The number of nitrogens with zero attached hydrogens (tertiary/aromatic N) is 1. The monoisotopic (exact) mass is 233 g/mol. The Kier molecular flexibility index (Phi) is 4.09. The van der Waals surface area contributed by atoms with E-state index in [9.17, 15) is 4.79 Å². The molecule has 1 amide bonds. The third-order valence-corrected chi connectivity index (χ3v) is 3.18. The van der Waals surface area contributed by atoms with Gasteiger partial charge in [0, 0.05) is 18.4 Å². The maximum Gasteiger partial charge on any atom is 0.252 e. The van der Waals surface area contributed by atoms with Gasteiger partial charge in [0.15, 0.2) is 0 Å². The number of nitrogens with one attached hydrogen (secondary N) is 2. The number of carbonyl (C=O) groups is 1. The Hall–Kier alpha value is -1.42. The van der Waals surface area contributed by atoms with Gasteiger partial charge in [-0.2, -0.15) is 0 Å². The maximum atomic E-state index is 11.8. The Morgan fingerprint density at radius 3 is 2.88 bits per heavy atom. The molecule has 0 unspecified atom stereocenters. The molecule has 0 atom stereocenters. The highest BCUT2D eigenvalue weighted by atomic mass is 16.1. The largest absolute Gasteiger partial charge is 0.352 e. The zero-order valence-electron chi connectivity index (χ0n) is 10.2. The van der Waals surface area contributed by atoms with Crippen LogP contribution in [0, 0.1) is 12.8 Å². The van der Waals surface area contributed by atoms with Crippen LogP contribution >= 0.6 is 0 Å². The number of aryl methyl sites for hydroxylation is 1. The first kappa shape index (κ1) is 12.0. The molecule has 0 radical (unpaired) electrons. The van der Waals surface area contributed by atoms with Gasteiger partial charge in [-0.25, -0.2) is 0 Å². The van der Waals surface area contributed by atoms with E-state index in [2.05, 4.69) is 15.6 Å². The van der Waals surface area contributed by atoms with Gasteiger partial charge in [0.2, 0.25) is 0 Å². The fourth-order valence-electron chi connectivity index (χ4n) is 2.03. The lowest BCUT2D eigenvalue weighted by atomic mass is 9.98. The molecule has 2 heterocycles. The molecule has 1 saturated heterocycles. The van der Waals surface area contributed by atoms with Crippen molar-refractivity contribution in [3.63, 3.8) is 0 Å². The fraction of sp³-hybridized carbons (Fsp3) is 0.538. The van der Waals surface area contributed by atoms with E-state index in [1.165, 1.54) is 0 Å². The zero-order chi connectivity index (χ0) is 12.1. The molecule has 1 aliphatic rings. The number of carbonyl (C=O) groups excluding carboxylic acids is 1. The van der Waals surface area contributed by atoms with Crippen LogP contribution in [0.4, 0.5) is 0 Å². The van der Waals surface area contributed by atoms with E-state index in [1.54, 1.807) is 6.20 Å². The first-order chi connectivity index (χ1) is 8.25. The van der Waals surface area contributed by atoms with Crippen molar-refractivity contribution in [2.75, 3.05) is 19.6 Å². The van der Waals surface area contributed by atoms with Crippen molar-refractivity contribution in [1.82, 2.24) is 15.6 Å². The van der Waals surface area contributed by atoms with E-state index in [4.69, 9.17) is 0 Å². The Morgan fingerprint density at radius 1 is 1.47 bits per heavy atom. The van der Waals surface area contributed by atoms with Gasteiger partial charge in [-0.05, 0) is 50.9 Å². The van der Waals surface area contributed by atoms with Gasteiger partial charge in [-0.15, -0.1) is 0 Å². The molecule has 4 nitrogen and oxygen atoms in total. The summed E-state index contributed by atoms with van der Waals surface area (Å²) in [5.41, 5.74) is 1.57. The van der Waals surface area contributed by atoms with Crippen LogP contribution in [0.2, 0.25) is 0 Å². The van der Waals surface area contributed by atoms with Gasteiger partial charge in [-0.1, -0.05) is 0 Å². The molecule has 0 aromatic carbocycles. The van der Waals surface area contributed by atoms with Gasteiger partial charge in [0.05, 0.1) is 5.56 Å². The molecule has 0 aliphatic carbocycles. The first-order valence-electron chi connectivity index (χ1n) is 6.17. The molecule has 0 spiro atoms. The van der Waals surface area contributed by atoms with E-state index < -0.39 is 0 Å². The standard InChI is InChI=1S/C13H19N3O/c1-10-2-3-12(9-15-10)13(17)16-8-11-4-6-14-7-5-11/h2-3,9,11,14H,4-8H2,1H3,(H,16,17). The molecule has 1 aromatic heterocycles. The van der Waals surface area contributed by atoms with E-state index >= 15 is 0 Å². The lowest BCUT2D eigenvalue weighted by Crippen LogP contribution is -2.36. The highest BCUT2D eigenvalue weighted by Crippen LogP contribution is 2.10. The van der Waals surface area contributed by atoms with Gasteiger partial charge >= 0.3 is 0 Å². The van der Waals surface area contributed by atoms with Crippen LogP contribution in [0.3, 0.4) is 0 Å². The summed E-state index contributed by atoms with van der Waals surface area (Å²) in [7, 11) is 0. The molecule has 2 N–H and O–H groups in total. The normalized spacial score (nSPS) is 16.8. The smallest absolute Gasteiger partial charge is 0.252 e. The van der Waals surface area contributed by atoms with Crippen LogP contribution in [-0.4, -0.2) is 30.5 Å². The fourth-order valence-corrected chi connectivity index (χ4v) is 2.03. The molecule has 1 fully saturated rings. The Balaban J connectivity index is 1.82. The number of amides is 1. The number of pyridine rings is 1. The molecule has 4 heteroatoms. The van der Waals surface area contributed by atoms with Crippen LogP contribution < -0.4 is 10.6 Å². The number of rotatable bonds is 3. The minimum absolute atomic E-state index is 0.0176. The van der Waals surface area contributed by atoms with Crippen LogP contribution in [0.5, 0.6) is 0 Å². The van der Waals surface area contributed by atoms with Crippen molar-refractivity contribution in [3.8, 4) is 0 Å². The summed E-state index contributed by atoms with van der Waals surface area (Å²) in [4.78, 5) is 16.0. The number of hydrogen-bond donors (Lipinski definition) is 2. The van der Waals surface area contributed by atoms with Crippen molar-refractivity contribution in [1.29, 1.82) is 0 Å². The van der Waals surface area contributed by atoms with Gasteiger partial charge in [0.25, 0.3) is 5.91 Å². The zero-order valence-corrected chi connectivity index (χ0v) is 10.2. The highest BCUT2D eigenvalue weighted by Gasteiger charge is 2.14. The second-order valence-electron chi connectivity index (χ2n) is 4.59. The molecule has 2 rings (SSSR count). The second kappa shape index (κ2) is 5.77. The SMILES string of the molecule is Cc1ccc(C(=O)NCC2CCNCC2)cn1. The van der Waals surface area contributed by atoms with Crippen molar-refractivity contribution in [3.05, 3.63) is 29.6 Å². The number of aromatic nitrogens is 1. The molecule has 1 aliphatic heterocycles. The molecular weight excluding hydrogens is 214 g/mol. The summed E-state index contributed by atoms with van der Waals surface area (Å²) in [5, 5.41) is 6.30. The van der Waals surface area contributed by atoms with Crippen LogP contribution in [0.15, 0.2) is 18.3 Å². The summed E-state index contributed by atoms with van der Waals surface area (Å²) in [6.07, 6.45) is 3.92. The predicted octanol–water partition coefficient (Wildman–Crippen LogP) is 1.12. The summed E-state index contributed by atoms with van der Waals surface area (Å²) < 4.78 is 0.